The molecule has 0 aliphatic heterocycles. The maximum atomic E-state index is 10.7. The van der Waals surface area contributed by atoms with Crippen molar-refractivity contribution in [2.24, 2.45) is 0 Å². The molecule has 10 aromatic carbocycles. The van der Waals surface area contributed by atoms with Crippen LogP contribution in [-0.2, 0) is 6.42 Å². The van der Waals surface area contributed by atoms with Crippen molar-refractivity contribution < 1.29 is 0 Å². The van der Waals surface area contributed by atoms with Gasteiger partial charge in [-0.2, -0.15) is 10.5 Å². The van der Waals surface area contributed by atoms with E-state index in [4.69, 9.17) is 0 Å². The first-order valence-electron chi connectivity index (χ1n) is 25.2. The fraction of sp³-hybridized carbons (Fsp3) is 0.0294. The molecule has 4 aromatic heterocycles. The summed E-state index contributed by atoms with van der Waals surface area (Å²) >= 11 is 0. The van der Waals surface area contributed by atoms with Gasteiger partial charge < -0.3 is 18.3 Å². The zero-order valence-electron chi connectivity index (χ0n) is 40.0. The minimum atomic E-state index is 0.515. The molecule has 344 valence electrons. The highest BCUT2D eigenvalue weighted by Crippen LogP contribution is 2.41. The van der Waals surface area contributed by atoms with E-state index in [9.17, 15) is 10.5 Å². The van der Waals surface area contributed by atoms with Gasteiger partial charge in [-0.25, -0.2) is 0 Å². The van der Waals surface area contributed by atoms with Crippen molar-refractivity contribution in [1.29, 1.82) is 10.5 Å². The summed E-state index contributed by atoms with van der Waals surface area (Å²) in [6.07, 6.45) is 6.48. The highest BCUT2D eigenvalue weighted by atomic mass is 15.0. The molecule has 1 aliphatic carbocycles. The fourth-order valence-corrected chi connectivity index (χ4v) is 12.3. The van der Waals surface area contributed by atoms with E-state index in [1.165, 1.54) is 71.0 Å². The first-order valence-corrected chi connectivity index (χ1v) is 25.2. The number of fused-ring (bicyclic) bond motifs is 12. The minimum Gasteiger partial charge on any atom is -0.313 e. The number of nitriles is 2. The van der Waals surface area contributed by atoms with Crippen molar-refractivity contribution in [3.05, 3.63) is 247 Å². The zero-order valence-corrected chi connectivity index (χ0v) is 40.0. The van der Waals surface area contributed by atoms with E-state index in [0.717, 1.165) is 74.4 Å². The number of rotatable bonds is 6. The number of hydrogen-bond donors (Lipinski definition) is 0. The summed E-state index contributed by atoms with van der Waals surface area (Å²) in [7, 11) is 0. The normalized spacial score (nSPS) is 12.4. The molecular formula is C68H42N6. The summed E-state index contributed by atoms with van der Waals surface area (Å²) in [4.78, 5) is 0. The molecule has 0 saturated heterocycles. The second-order valence-electron chi connectivity index (χ2n) is 19.4. The van der Waals surface area contributed by atoms with Crippen LogP contribution in [0.15, 0.2) is 224 Å². The topological polar surface area (TPSA) is 67.3 Å². The summed E-state index contributed by atoms with van der Waals surface area (Å²) < 4.78 is 9.46. The van der Waals surface area contributed by atoms with Crippen molar-refractivity contribution >= 4 is 82.4 Å². The summed E-state index contributed by atoms with van der Waals surface area (Å²) in [6.45, 7) is 0. The van der Waals surface area contributed by atoms with Gasteiger partial charge in [0.1, 0.15) is 0 Å². The lowest BCUT2D eigenvalue weighted by atomic mass is 9.91. The number of para-hydroxylation sites is 5. The number of aromatic nitrogens is 4. The summed E-state index contributed by atoms with van der Waals surface area (Å²) in [6, 6.07) is 82.3. The predicted octanol–water partition coefficient (Wildman–Crippen LogP) is 17.0. The van der Waals surface area contributed by atoms with E-state index in [-0.39, 0.29) is 0 Å². The molecule has 6 heteroatoms. The fourth-order valence-electron chi connectivity index (χ4n) is 12.3. The molecule has 0 N–H and O–H groups in total. The third kappa shape index (κ3) is 6.10. The molecule has 0 spiro atoms. The minimum absolute atomic E-state index is 0.515. The average molecular weight is 943 g/mol. The molecule has 0 radical (unpaired) electrons. The van der Waals surface area contributed by atoms with Gasteiger partial charge in [0, 0.05) is 82.8 Å². The van der Waals surface area contributed by atoms with Crippen molar-refractivity contribution in [2.75, 3.05) is 0 Å². The molecule has 15 rings (SSSR count). The Labute approximate surface area is 426 Å². The molecule has 4 heterocycles. The molecule has 6 nitrogen and oxygen atoms in total. The monoisotopic (exact) mass is 942 g/mol. The first kappa shape index (κ1) is 41.6. The van der Waals surface area contributed by atoms with Crippen molar-refractivity contribution in [3.8, 4) is 57.1 Å². The largest absolute Gasteiger partial charge is 0.313 e. The summed E-state index contributed by atoms with van der Waals surface area (Å²) in [5.41, 5.74) is 19.2. The van der Waals surface area contributed by atoms with Crippen LogP contribution in [0, 0.1) is 22.7 Å². The van der Waals surface area contributed by atoms with Crippen LogP contribution >= 0.6 is 0 Å². The Morgan fingerprint density at radius 2 is 0.676 bits per heavy atom. The van der Waals surface area contributed by atoms with Crippen LogP contribution in [-0.4, -0.2) is 18.3 Å². The van der Waals surface area contributed by atoms with E-state index in [1.807, 2.05) is 12.1 Å². The number of allylic oxidation sites excluding steroid dienone is 1. The summed E-state index contributed by atoms with van der Waals surface area (Å²) in [5, 5.41) is 29.9. The molecule has 0 fully saturated rings. The smallest absolute Gasteiger partial charge is 0.0998 e. The van der Waals surface area contributed by atoms with Gasteiger partial charge in [0.2, 0.25) is 0 Å². The zero-order chi connectivity index (χ0) is 49.0. The Hall–Kier alpha value is -10.1. The molecule has 0 bridgehead atoms. The quantitative estimate of drug-likeness (QED) is 0.167. The third-order valence-electron chi connectivity index (χ3n) is 15.5. The van der Waals surface area contributed by atoms with Gasteiger partial charge >= 0.3 is 0 Å². The van der Waals surface area contributed by atoms with Gasteiger partial charge in [0.25, 0.3) is 0 Å². The molecule has 0 amide bonds. The maximum Gasteiger partial charge on any atom is 0.0998 e. The molecule has 0 atom stereocenters. The van der Waals surface area contributed by atoms with E-state index >= 15 is 0 Å². The van der Waals surface area contributed by atoms with E-state index in [2.05, 4.69) is 249 Å². The SMILES string of the molecule is N#Cc1cc(-c2ccc(-n3c4ccccc4c4cc(-n5c6ccccc6c6ccccc65)ccc43)cc2)c(C#N)cc1-c1ccc(-n2c3c(c4cc(-n5c6ccccc6c6ccccc65)ccc42)C=CCC3)cc1. The first-order chi connectivity index (χ1) is 36.6. The van der Waals surface area contributed by atoms with Crippen LogP contribution in [0.3, 0.4) is 0 Å². The maximum absolute atomic E-state index is 10.7. The Bertz CT molecular complexity index is 4680. The Balaban J connectivity index is 0.773. The van der Waals surface area contributed by atoms with Crippen LogP contribution in [0.25, 0.3) is 127 Å². The predicted molar refractivity (Wildman–Crippen MR) is 304 cm³/mol. The van der Waals surface area contributed by atoms with Gasteiger partial charge in [0.05, 0.1) is 61.9 Å². The van der Waals surface area contributed by atoms with E-state index < -0.39 is 0 Å². The highest BCUT2D eigenvalue weighted by Gasteiger charge is 2.22. The second-order valence-corrected chi connectivity index (χ2v) is 19.4. The van der Waals surface area contributed by atoms with Gasteiger partial charge in [0.15, 0.2) is 0 Å². The van der Waals surface area contributed by atoms with Gasteiger partial charge in [-0.05, 0) is 127 Å². The molecule has 1 aliphatic rings. The van der Waals surface area contributed by atoms with E-state index in [0.29, 0.717) is 11.1 Å². The van der Waals surface area contributed by atoms with Gasteiger partial charge in [-0.3, -0.25) is 0 Å². The van der Waals surface area contributed by atoms with Crippen molar-refractivity contribution in [1.82, 2.24) is 18.3 Å². The Morgan fingerprint density at radius 3 is 1.12 bits per heavy atom. The van der Waals surface area contributed by atoms with E-state index in [1.54, 1.807) is 0 Å². The van der Waals surface area contributed by atoms with Crippen LogP contribution < -0.4 is 0 Å². The van der Waals surface area contributed by atoms with Crippen molar-refractivity contribution in [2.45, 2.75) is 12.8 Å². The molecule has 0 unspecified atom stereocenters. The second kappa shape index (κ2) is 16.2. The molecule has 0 saturated carbocycles. The Morgan fingerprint density at radius 1 is 0.324 bits per heavy atom. The standard InChI is InChI=1S/C68H42N6/c69-41-45-38-58(44-27-31-48(32-28-44)72-66-24-12-6-18-56(66)60-40-50(34-36-68(60)72)74-63-21-9-3-15-53(63)54-16-4-10-22-64(54)74)46(42-70)37-57(45)43-25-29-47(30-26-43)71-65-23-11-5-17-55(65)59-39-49(33-35-67(59)71)73-61-19-7-1-13-51(61)52-14-2-8-20-62(52)73/h1-11,13-23,25-40H,12,24H2. The van der Waals surface area contributed by atoms with Crippen LogP contribution in [0.4, 0.5) is 0 Å². The van der Waals surface area contributed by atoms with Crippen molar-refractivity contribution in [3.63, 3.8) is 0 Å². The van der Waals surface area contributed by atoms with Gasteiger partial charge in [-0.1, -0.05) is 127 Å². The molecular weight excluding hydrogens is 901 g/mol. The third-order valence-corrected chi connectivity index (χ3v) is 15.5. The Kier molecular flexibility index (Phi) is 9.11. The highest BCUT2D eigenvalue weighted by molar-refractivity contribution is 6.13. The number of benzene rings is 10. The number of nitrogens with zero attached hydrogens (tertiary/aromatic N) is 6. The molecule has 74 heavy (non-hydrogen) atoms. The molecule has 14 aromatic rings. The van der Waals surface area contributed by atoms with Crippen LogP contribution in [0.2, 0.25) is 0 Å². The van der Waals surface area contributed by atoms with Crippen LogP contribution in [0.5, 0.6) is 0 Å². The van der Waals surface area contributed by atoms with Crippen LogP contribution in [0.1, 0.15) is 28.8 Å². The lowest BCUT2D eigenvalue weighted by Gasteiger charge is -2.15. The van der Waals surface area contributed by atoms with Gasteiger partial charge in [-0.15, -0.1) is 0 Å². The number of hydrogen-bond acceptors (Lipinski definition) is 2. The lowest BCUT2D eigenvalue weighted by Crippen LogP contribution is -2.03. The summed E-state index contributed by atoms with van der Waals surface area (Å²) in [5.74, 6) is 0. The lowest BCUT2D eigenvalue weighted by molar-refractivity contribution is 0.888. The average Bonchev–Trinajstić information content (AvgIpc) is 4.20.